The summed E-state index contributed by atoms with van der Waals surface area (Å²) in [5.41, 5.74) is 10.4. The van der Waals surface area contributed by atoms with Gasteiger partial charge in [-0.25, -0.2) is 9.97 Å². The second kappa shape index (κ2) is 7.95. The zero-order valence-electron chi connectivity index (χ0n) is 16.5. The number of nitrogens with one attached hydrogen (secondary N) is 1. The minimum atomic E-state index is 0.111. The van der Waals surface area contributed by atoms with Crippen LogP contribution >= 0.6 is 0 Å². The number of nitrogens with two attached hydrogens (primary N) is 1. The highest BCUT2D eigenvalue weighted by Gasteiger charge is 2.32. The summed E-state index contributed by atoms with van der Waals surface area (Å²) in [5.74, 6) is 1.97. The van der Waals surface area contributed by atoms with E-state index in [-0.39, 0.29) is 6.04 Å². The second-order valence-electron chi connectivity index (χ2n) is 7.98. The Labute approximate surface area is 162 Å². The molecule has 144 valence electrons. The van der Waals surface area contributed by atoms with Crippen molar-refractivity contribution in [3.8, 4) is 0 Å². The maximum Gasteiger partial charge on any atom is 0.132 e. The van der Waals surface area contributed by atoms with E-state index in [1.807, 2.05) is 6.92 Å². The molecule has 1 aromatic heterocycles. The first-order valence-corrected chi connectivity index (χ1v) is 10.3. The first-order chi connectivity index (χ1) is 13.1. The van der Waals surface area contributed by atoms with Crippen molar-refractivity contribution in [2.24, 2.45) is 5.73 Å². The minimum absolute atomic E-state index is 0.111. The van der Waals surface area contributed by atoms with Crippen molar-refractivity contribution in [2.75, 3.05) is 18.0 Å². The van der Waals surface area contributed by atoms with Crippen LogP contribution in [0.4, 0.5) is 5.82 Å². The fraction of sp³-hybridized carbons (Fsp3) is 0.545. The molecule has 1 aromatic carbocycles. The van der Waals surface area contributed by atoms with E-state index < -0.39 is 0 Å². The summed E-state index contributed by atoms with van der Waals surface area (Å²) in [7, 11) is 0. The fourth-order valence-electron chi connectivity index (χ4n) is 4.52. The van der Waals surface area contributed by atoms with Crippen LogP contribution in [0.15, 0.2) is 30.3 Å². The Bertz CT molecular complexity index is 782. The highest BCUT2D eigenvalue weighted by molar-refractivity contribution is 5.41. The molecule has 0 bridgehead atoms. The van der Waals surface area contributed by atoms with Crippen molar-refractivity contribution < 1.29 is 0 Å². The van der Waals surface area contributed by atoms with Gasteiger partial charge in [0, 0.05) is 43.0 Å². The number of rotatable bonds is 5. The van der Waals surface area contributed by atoms with Crippen LogP contribution in [0.25, 0.3) is 0 Å². The van der Waals surface area contributed by atoms with Crippen LogP contribution < -0.4 is 16.0 Å². The van der Waals surface area contributed by atoms with Crippen LogP contribution in [0.1, 0.15) is 54.9 Å². The summed E-state index contributed by atoms with van der Waals surface area (Å²) < 4.78 is 0. The topological polar surface area (TPSA) is 67.1 Å². The average molecular weight is 366 g/mol. The van der Waals surface area contributed by atoms with Crippen LogP contribution in [0.5, 0.6) is 0 Å². The Kier molecular flexibility index (Phi) is 5.41. The van der Waals surface area contributed by atoms with E-state index in [1.165, 1.54) is 11.1 Å². The summed E-state index contributed by atoms with van der Waals surface area (Å²) in [5, 5.41) is 3.85. The molecule has 2 atom stereocenters. The molecule has 1 saturated heterocycles. The molecule has 0 amide bonds. The molecule has 1 fully saturated rings. The van der Waals surface area contributed by atoms with E-state index in [0.717, 1.165) is 62.5 Å². The maximum absolute atomic E-state index is 6.50. The predicted octanol–water partition coefficient (Wildman–Crippen LogP) is 2.92. The van der Waals surface area contributed by atoms with Crippen LogP contribution in [0.2, 0.25) is 0 Å². The van der Waals surface area contributed by atoms with Crippen LogP contribution in [-0.2, 0) is 12.8 Å². The number of hydrogen-bond donors (Lipinski definition) is 2. The van der Waals surface area contributed by atoms with Gasteiger partial charge in [-0.05, 0) is 43.7 Å². The van der Waals surface area contributed by atoms with E-state index in [4.69, 9.17) is 5.73 Å². The Balaban J connectivity index is 1.35. The second-order valence-corrected chi connectivity index (χ2v) is 7.98. The standard InChI is InChI=1S/C22H31N5/c1-3-6-18-14-21(25-15(2)24-18)27-11-9-17(10-12-27)26-20-13-16-7-4-5-8-19(16)22(20)23/h4-5,7-8,14,17,20,22,26H,3,6,9-13,23H2,1-2H3. The lowest BCUT2D eigenvalue weighted by molar-refractivity contribution is 0.346. The van der Waals surface area contributed by atoms with Gasteiger partial charge in [-0.3, -0.25) is 0 Å². The number of anilines is 1. The Morgan fingerprint density at radius 1 is 1.19 bits per heavy atom. The number of piperidine rings is 1. The zero-order chi connectivity index (χ0) is 18.8. The summed E-state index contributed by atoms with van der Waals surface area (Å²) >= 11 is 0. The van der Waals surface area contributed by atoms with Gasteiger partial charge in [0.25, 0.3) is 0 Å². The van der Waals surface area contributed by atoms with Crippen molar-refractivity contribution in [3.63, 3.8) is 0 Å². The van der Waals surface area contributed by atoms with Gasteiger partial charge in [0.2, 0.25) is 0 Å². The van der Waals surface area contributed by atoms with Gasteiger partial charge in [-0.1, -0.05) is 37.6 Å². The lowest BCUT2D eigenvalue weighted by Crippen LogP contribution is -2.48. The van der Waals surface area contributed by atoms with Crippen molar-refractivity contribution in [2.45, 2.75) is 64.1 Å². The third kappa shape index (κ3) is 3.99. The third-order valence-corrected chi connectivity index (χ3v) is 5.94. The summed E-state index contributed by atoms with van der Waals surface area (Å²) in [6.45, 7) is 6.26. The zero-order valence-corrected chi connectivity index (χ0v) is 16.5. The van der Waals surface area contributed by atoms with Crippen molar-refractivity contribution >= 4 is 5.82 Å². The molecule has 5 heteroatoms. The maximum atomic E-state index is 6.50. The molecule has 2 aliphatic rings. The first kappa shape index (κ1) is 18.4. The van der Waals surface area contributed by atoms with Crippen LogP contribution in [-0.4, -0.2) is 35.1 Å². The number of aryl methyl sites for hydroxylation is 2. The van der Waals surface area contributed by atoms with Crippen LogP contribution in [0, 0.1) is 6.92 Å². The van der Waals surface area contributed by atoms with Gasteiger partial charge < -0.3 is 16.0 Å². The van der Waals surface area contributed by atoms with Gasteiger partial charge >= 0.3 is 0 Å². The number of benzene rings is 1. The number of nitrogens with zero attached hydrogens (tertiary/aromatic N) is 3. The average Bonchev–Trinajstić information content (AvgIpc) is 2.98. The predicted molar refractivity (Wildman–Crippen MR) is 110 cm³/mol. The first-order valence-electron chi connectivity index (χ1n) is 10.3. The molecule has 3 N–H and O–H groups in total. The molecule has 5 nitrogen and oxygen atoms in total. The van der Waals surface area contributed by atoms with E-state index in [2.05, 4.69) is 57.4 Å². The molecule has 0 radical (unpaired) electrons. The van der Waals surface area contributed by atoms with Gasteiger partial charge in [0.05, 0.1) is 0 Å². The fourth-order valence-corrected chi connectivity index (χ4v) is 4.52. The molecule has 2 unspecified atom stereocenters. The van der Waals surface area contributed by atoms with Crippen molar-refractivity contribution in [3.05, 3.63) is 53.0 Å². The monoisotopic (exact) mass is 365 g/mol. The molecule has 2 heterocycles. The largest absolute Gasteiger partial charge is 0.356 e. The normalized spacial score (nSPS) is 22.9. The van der Waals surface area contributed by atoms with Crippen molar-refractivity contribution in [1.82, 2.24) is 15.3 Å². The minimum Gasteiger partial charge on any atom is -0.356 e. The van der Waals surface area contributed by atoms with Gasteiger partial charge in [-0.2, -0.15) is 0 Å². The SMILES string of the molecule is CCCc1cc(N2CCC(NC3Cc4ccccc4C3N)CC2)nc(C)n1. The van der Waals surface area contributed by atoms with Gasteiger partial charge in [-0.15, -0.1) is 0 Å². The van der Waals surface area contributed by atoms with Crippen LogP contribution in [0.3, 0.4) is 0 Å². The van der Waals surface area contributed by atoms with E-state index >= 15 is 0 Å². The van der Waals surface area contributed by atoms with E-state index in [1.54, 1.807) is 0 Å². The Hall–Kier alpha value is -1.98. The lowest BCUT2D eigenvalue weighted by atomic mass is 10.0. The molecule has 0 spiro atoms. The quantitative estimate of drug-likeness (QED) is 0.853. The van der Waals surface area contributed by atoms with E-state index in [0.29, 0.717) is 12.1 Å². The number of aromatic nitrogens is 2. The molecular weight excluding hydrogens is 334 g/mol. The summed E-state index contributed by atoms with van der Waals surface area (Å²) in [4.78, 5) is 11.7. The molecule has 2 aromatic rings. The van der Waals surface area contributed by atoms with Gasteiger partial charge in [0.15, 0.2) is 0 Å². The molecule has 1 aliphatic heterocycles. The smallest absolute Gasteiger partial charge is 0.132 e. The van der Waals surface area contributed by atoms with Crippen molar-refractivity contribution in [1.29, 1.82) is 0 Å². The molecule has 27 heavy (non-hydrogen) atoms. The number of fused-ring (bicyclic) bond motifs is 1. The lowest BCUT2D eigenvalue weighted by Gasteiger charge is -2.35. The molecule has 0 saturated carbocycles. The highest BCUT2D eigenvalue weighted by atomic mass is 15.2. The Morgan fingerprint density at radius 2 is 1.96 bits per heavy atom. The summed E-state index contributed by atoms with van der Waals surface area (Å²) in [6.07, 6.45) is 5.45. The number of hydrogen-bond acceptors (Lipinski definition) is 5. The molecule has 1 aliphatic carbocycles. The summed E-state index contributed by atoms with van der Waals surface area (Å²) in [6, 6.07) is 11.8. The van der Waals surface area contributed by atoms with Gasteiger partial charge in [0.1, 0.15) is 11.6 Å². The Morgan fingerprint density at radius 3 is 2.70 bits per heavy atom. The third-order valence-electron chi connectivity index (χ3n) is 5.94. The molecule has 4 rings (SSSR count). The van der Waals surface area contributed by atoms with E-state index in [9.17, 15) is 0 Å². The molecular formula is C22H31N5. The highest BCUT2D eigenvalue weighted by Crippen LogP contribution is 2.30.